The third-order valence-electron chi connectivity index (χ3n) is 3.26. The van der Waals surface area contributed by atoms with Crippen molar-refractivity contribution >= 4 is 12.0 Å². The smallest absolute Gasteiger partial charge is 0.335 e. The van der Waals surface area contributed by atoms with Crippen molar-refractivity contribution in [2.75, 3.05) is 0 Å². The standard InChI is InChI=1S/C15H18N2O3/c18-14(19)12-8-6-11(7-9-12)10-16-15(20)17-13-4-2-1-3-5-13/h1-2,6-9,13H,3-5,10H2,(H,18,19)(H2,16,17,20). The van der Waals surface area contributed by atoms with Crippen LogP contribution in [0.25, 0.3) is 0 Å². The van der Waals surface area contributed by atoms with E-state index in [9.17, 15) is 9.59 Å². The van der Waals surface area contributed by atoms with Crippen LogP contribution in [-0.2, 0) is 6.54 Å². The minimum atomic E-state index is -0.951. The van der Waals surface area contributed by atoms with E-state index in [1.165, 1.54) is 12.1 Å². The molecule has 0 aliphatic heterocycles. The summed E-state index contributed by atoms with van der Waals surface area (Å²) in [4.78, 5) is 22.4. The highest BCUT2D eigenvalue weighted by Gasteiger charge is 2.12. The van der Waals surface area contributed by atoms with E-state index >= 15 is 0 Å². The van der Waals surface area contributed by atoms with Crippen molar-refractivity contribution in [3.63, 3.8) is 0 Å². The average Bonchev–Trinajstić information content (AvgIpc) is 2.46. The first kappa shape index (κ1) is 14.1. The molecule has 1 aromatic rings. The summed E-state index contributed by atoms with van der Waals surface area (Å²) >= 11 is 0. The fourth-order valence-corrected chi connectivity index (χ4v) is 2.11. The Morgan fingerprint density at radius 1 is 1.20 bits per heavy atom. The van der Waals surface area contributed by atoms with Gasteiger partial charge >= 0.3 is 12.0 Å². The molecule has 1 aromatic carbocycles. The number of amides is 2. The summed E-state index contributed by atoms with van der Waals surface area (Å²) in [6, 6.07) is 6.48. The van der Waals surface area contributed by atoms with Gasteiger partial charge in [-0.2, -0.15) is 0 Å². The number of carboxylic acids is 1. The number of hydrogen-bond donors (Lipinski definition) is 3. The third kappa shape index (κ3) is 4.12. The first-order valence-corrected chi connectivity index (χ1v) is 6.67. The Labute approximate surface area is 117 Å². The molecule has 0 bridgehead atoms. The quantitative estimate of drug-likeness (QED) is 0.737. The highest BCUT2D eigenvalue weighted by Crippen LogP contribution is 2.10. The zero-order valence-corrected chi connectivity index (χ0v) is 11.1. The molecular formula is C15H18N2O3. The second-order valence-corrected chi connectivity index (χ2v) is 4.81. The number of allylic oxidation sites excluding steroid dienone is 1. The molecule has 2 amide bonds. The van der Waals surface area contributed by atoms with E-state index in [0.717, 1.165) is 24.8 Å². The molecular weight excluding hydrogens is 256 g/mol. The molecule has 5 heteroatoms. The lowest BCUT2D eigenvalue weighted by Crippen LogP contribution is -2.42. The molecule has 0 heterocycles. The fraction of sp³-hybridized carbons (Fsp3) is 0.333. The number of carbonyl (C=O) groups is 2. The molecule has 1 aliphatic rings. The first-order valence-electron chi connectivity index (χ1n) is 6.67. The van der Waals surface area contributed by atoms with E-state index < -0.39 is 5.97 Å². The molecule has 5 nitrogen and oxygen atoms in total. The number of urea groups is 1. The number of carboxylic acid groups (broad SMARTS) is 1. The SMILES string of the molecule is O=C(NCc1ccc(C(=O)O)cc1)NC1CC=CCC1. The Morgan fingerprint density at radius 3 is 2.55 bits per heavy atom. The van der Waals surface area contributed by atoms with Crippen molar-refractivity contribution in [2.24, 2.45) is 0 Å². The van der Waals surface area contributed by atoms with Gasteiger partial charge in [-0.05, 0) is 37.0 Å². The summed E-state index contributed by atoms with van der Waals surface area (Å²) in [5.41, 5.74) is 1.11. The maximum absolute atomic E-state index is 11.7. The lowest BCUT2D eigenvalue weighted by atomic mass is 10.0. The van der Waals surface area contributed by atoms with Crippen LogP contribution >= 0.6 is 0 Å². The van der Waals surface area contributed by atoms with Crippen LogP contribution in [0.15, 0.2) is 36.4 Å². The summed E-state index contributed by atoms with van der Waals surface area (Å²) < 4.78 is 0. The van der Waals surface area contributed by atoms with Gasteiger partial charge in [-0.15, -0.1) is 0 Å². The molecule has 0 fully saturated rings. The Hall–Kier alpha value is -2.30. The van der Waals surface area contributed by atoms with E-state index in [-0.39, 0.29) is 17.6 Å². The lowest BCUT2D eigenvalue weighted by molar-refractivity contribution is 0.0697. The van der Waals surface area contributed by atoms with Crippen molar-refractivity contribution in [3.8, 4) is 0 Å². The van der Waals surface area contributed by atoms with Crippen LogP contribution in [0.5, 0.6) is 0 Å². The first-order chi connectivity index (χ1) is 9.65. The van der Waals surface area contributed by atoms with Crippen molar-refractivity contribution in [1.82, 2.24) is 10.6 Å². The zero-order chi connectivity index (χ0) is 14.4. The van der Waals surface area contributed by atoms with Gasteiger partial charge in [0.25, 0.3) is 0 Å². The Bertz CT molecular complexity index is 508. The number of aromatic carboxylic acids is 1. The van der Waals surface area contributed by atoms with Crippen LogP contribution in [0.1, 0.15) is 35.2 Å². The Balaban J connectivity index is 1.77. The largest absolute Gasteiger partial charge is 0.478 e. The molecule has 0 saturated heterocycles. The molecule has 1 unspecified atom stereocenters. The monoisotopic (exact) mass is 274 g/mol. The molecule has 0 radical (unpaired) electrons. The number of nitrogens with one attached hydrogen (secondary N) is 2. The van der Waals surface area contributed by atoms with Crippen molar-refractivity contribution in [3.05, 3.63) is 47.5 Å². The number of benzene rings is 1. The normalized spacial score (nSPS) is 17.5. The van der Waals surface area contributed by atoms with Gasteiger partial charge < -0.3 is 15.7 Å². The molecule has 1 aliphatic carbocycles. The minimum Gasteiger partial charge on any atom is -0.478 e. The lowest BCUT2D eigenvalue weighted by Gasteiger charge is -2.19. The van der Waals surface area contributed by atoms with Gasteiger partial charge in [0.1, 0.15) is 0 Å². The van der Waals surface area contributed by atoms with Crippen LogP contribution in [0.2, 0.25) is 0 Å². The van der Waals surface area contributed by atoms with Crippen LogP contribution in [0, 0.1) is 0 Å². The zero-order valence-electron chi connectivity index (χ0n) is 11.1. The third-order valence-corrected chi connectivity index (χ3v) is 3.26. The second-order valence-electron chi connectivity index (χ2n) is 4.81. The summed E-state index contributed by atoms with van der Waals surface area (Å²) in [7, 11) is 0. The van der Waals surface area contributed by atoms with Crippen molar-refractivity contribution < 1.29 is 14.7 Å². The van der Waals surface area contributed by atoms with Gasteiger partial charge in [0, 0.05) is 12.6 Å². The van der Waals surface area contributed by atoms with Crippen LogP contribution in [0.3, 0.4) is 0 Å². The molecule has 3 N–H and O–H groups in total. The van der Waals surface area contributed by atoms with E-state index in [1.54, 1.807) is 12.1 Å². The van der Waals surface area contributed by atoms with Gasteiger partial charge in [-0.25, -0.2) is 9.59 Å². The molecule has 0 spiro atoms. The summed E-state index contributed by atoms with van der Waals surface area (Å²) in [5.74, 6) is -0.951. The number of carbonyl (C=O) groups excluding carboxylic acids is 1. The average molecular weight is 274 g/mol. The predicted octanol–water partition coefficient (Wildman–Crippen LogP) is 2.29. The highest BCUT2D eigenvalue weighted by molar-refractivity contribution is 5.87. The molecule has 106 valence electrons. The van der Waals surface area contributed by atoms with Gasteiger partial charge in [0.05, 0.1) is 5.56 Å². The van der Waals surface area contributed by atoms with E-state index in [4.69, 9.17) is 5.11 Å². The van der Waals surface area contributed by atoms with Gasteiger partial charge in [-0.1, -0.05) is 24.3 Å². The number of hydrogen-bond acceptors (Lipinski definition) is 2. The van der Waals surface area contributed by atoms with E-state index in [2.05, 4.69) is 22.8 Å². The van der Waals surface area contributed by atoms with E-state index in [0.29, 0.717) is 6.54 Å². The molecule has 1 atom stereocenters. The van der Waals surface area contributed by atoms with Crippen LogP contribution < -0.4 is 10.6 Å². The van der Waals surface area contributed by atoms with Crippen LogP contribution in [0.4, 0.5) is 4.79 Å². The molecule has 2 rings (SSSR count). The Kier molecular flexibility index (Phi) is 4.76. The summed E-state index contributed by atoms with van der Waals surface area (Å²) in [5, 5.41) is 14.5. The van der Waals surface area contributed by atoms with Crippen molar-refractivity contribution in [2.45, 2.75) is 31.8 Å². The molecule has 0 saturated carbocycles. The highest BCUT2D eigenvalue weighted by atomic mass is 16.4. The summed E-state index contributed by atoms with van der Waals surface area (Å²) in [6.07, 6.45) is 7.05. The van der Waals surface area contributed by atoms with Gasteiger partial charge in [0.15, 0.2) is 0 Å². The minimum absolute atomic E-state index is 0.187. The maximum Gasteiger partial charge on any atom is 0.335 e. The fourth-order valence-electron chi connectivity index (χ4n) is 2.11. The van der Waals surface area contributed by atoms with Gasteiger partial charge in [0.2, 0.25) is 0 Å². The topological polar surface area (TPSA) is 78.4 Å². The van der Waals surface area contributed by atoms with Gasteiger partial charge in [-0.3, -0.25) is 0 Å². The van der Waals surface area contributed by atoms with Crippen molar-refractivity contribution in [1.29, 1.82) is 0 Å². The number of rotatable bonds is 4. The summed E-state index contributed by atoms with van der Waals surface area (Å²) in [6.45, 7) is 0.383. The van der Waals surface area contributed by atoms with E-state index in [1.807, 2.05) is 0 Å². The predicted molar refractivity (Wildman–Crippen MR) is 75.6 cm³/mol. The molecule has 20 heavy (non-hydrogen) atoms. The molecule has 0 aromatic heterocycles. The Morgan fingerprint density at radius 2 is 1.95 bits per heavy atom. The second kappa shape index (κ2) is 6.75. The maximum atomic E-state index is 11.7. The van der Waals surface area contributed by atoms with Crippen LogP contribution in [-0.4, -0.2) is 23.1 Å².